The Kier molecular flexibility index (Phi) is 3.09. The van der Waals surface area contributed by atoms with Crippen molar-refractivity contribution < 1.29 is 9.53 Å². The van der Waals surface area contributed by atoms with E-state index in [9.17, 15) is 4.79 Å². The van der Waals surface area contributed by atoms with Gasteiger partial charge in [0.05, 0.1) is 5.56 Å². The molecule has 0 saturated carbocycles. The zero-order valence-corrected chi connectivity index (χ0v) is 10.7. The number of hydrogen-bond donors (Lipinski definition) is 1. The monoisotopic (exact) mass is 263 g/mol. The molecule has 0 radical (unpaired) electrons. The van der Waals surface area contributed by atoms with Crippen molar-refractivity contribution in [2.45, 2.75) is 0 Å². The smallest absolute Gasteiger partial charge is 0.343 e. The molecule has 3 aromatic carbocycles. The van der Waals surface area contributed by atoms with Crippen molar-refractivity contribution in [3.05, 3.63) is 72.3 Å². The van der Waals surface area contributed by atoms with E-state index in [1.807, 2.05) is 36.4 Å². The molecule has 0 spiro atoms. The van der Waals surface area contributed by atoms with Crippen LogP contribution in [0.15, 0.2) is 66.7 Å². The molecule has 0 amide bonds. The van der Waals surface area contributed by atoms with E-state index in [4.69, 9.17) is 10.5 Å². The lowest BCUT2D eigenvalue weighted by Gasteiger charge is -2.07. The van der Waals surface area contributed by atoms with Crippen LogP contribution in [0.4, 0.5) is 5.69 Å². The highest BCUT2D eigenvalue weighted by atomic mass is 16.5. The van der Waals surface area contributed by atoms with Crippen molar-refractivity contribution in [2.75, 3.05) is 5.73 Å². The minimum absolute atomic E-state index is 0.388. The maximum atomic E-state index is 12.1. The fourth-order valence-electron chi connectivity index (χ4n) is 2.06. The maximum absolute atomic E-state index is 12.1. The topological polar surface area (TPSA) is 52.3 Å². The summed E-state index contributed by atoms with van der Waals surface area (Å²) in [5.74, 6) is 0.172. The van der Waals surface area contributed by atoms with Gasteiger partial charge in [-0.05, 0) is 35.7 Å². The van der Waals surface area contributed by atoms with E-state index >= 15 is 0 Å². The number of esters is 1. The van der Waals surface area contributed by atoms with Gasteiger partial charge in [0.2, 0.25) is 0 Å². The molecular formula is C17H13NO2. The third kappa shape index (κ3) is 2.34. The first-order valence-corrected chi connectivity index (χ1v) is 6.29. The third-order valence-electron chi connectivity index (χ3n) is 3.10. The number of nitrogens with two attached hydrogens (primary N) is 1. The number of anilines is 1. The van der Waals surface area contributed by atoms with Crippen molar-refractivity contribution in [2.24, 2.45) is 0 Å². The molecule has 3 aromatic rings. The van der Waals surface area contributed by atoms with Crippen LogP contribution in [0.2, 0.25) is 0 Å². The molecule has 20 heavy (non-hydrogen) atoms. The average Bonchev–Trinajstić information content (AvgIpc) is 2.48. The molecule has 98 valence electrons. The molecule has 2 N–H and O–H groups in total. The number of benzene rings is 3. The molecule has 3 rings (SSSR count). The van der Waals surface area contributed by atoms with Crippen LogP contribution in [0.1, 0.15) is 10.4 Å². The van der Waals surface area contributed by atoms with E-state index in [1.165, 1.54) is 0 Å². The molecule has 0 aliphatic carbocycles. The first-order chi connectivity index (χ1) is 9.74. The van der Waals surface area contributed by atoms with Crippen LogP contribution in [0.25, 0.3) is 10.8 Å². The predicted molar refractivity (Wildman–Crippen MR) is 79.8 cm³/mol. The molecule has 0 fully saturated rings. The summed E-state index contributed by atoms with van der Waals surface area (Å²) in [6, 6.07) is 20.1. The molecule has 0 saturated heterocycles. The summed E-state index contributed by atoms with van der Waals surface area (Å²) in [6.45, 7) is 0. The van der Waals surface area contributed by atoms with E-state index in [2.05, 4.69) is 0 Å². The van der Waals surface area contributed by atoms with Crippen LogP contribution in [0.5, 0.6) is 5.75 Å². The molecule has 3 nitrogen and oxygen atoms in total. The molecule has 0 bridgehead atoms. The fraction of sp³-hybridized carbons (Fsp3) is 0. The second-order valence-electron chi connectivity index (χ2n) is 4.49. The van der Waals surface area contributed by atoms with Crippen LogP contribution < -0.4 is 10.5 Å². The molecule has 0 aliphatic heterocycles. The Bertz CT molecular complexity index is 758. The van der Waals surface area contributed by atoms with Crippen molar-refractivity contribution in [3.63, 3.8) is 0 Å². The summed E-state index contributed by atoms with van der Waals surface area (Å²) in [5, 5.41) is 1.95. The molecule has 0 unspecified atom stereocenters. The first kappa shape index (κ1) is 12.2. The van der Waals surface area contributed by atoms with Gasteiger partial charge in [-0.15, -0.1) is 0 Å². The Morgan fingerprint density at radius 2 is 1.55 bits per heavy atom. The van der Waals surface area contributed by atoms with E-state index in [1.54, 1.807) is 30.3 Å². The van der Waals surface area contributed by atoms with Crippen molar-refractivity contribution >= 4 is 22.4 Å². The molecule has 0 aromatic heterocycles. The van der Waals surface area contributed by atoms with Gasteiger partial charge in [0.1, 0.15) is 5.75 Å². The minimum atomic E-state index is -0.388. The Balaban J connectivity index is 1.93. The SMILES string of the molecule is Nc1ccc(C(=O)Oc2cccc3ccccc23)cc1. The van der Waals surface area contributed by atoms with Gasteiger partial charge in [0.25, 0.3) is 0 Å². The van der Waals surface area contributed by atoms with Crippen LogP contribution in [-0.2, 0) is 0 Å². The van der Waals surface area contributed by atoms with Gasteiger partial charge in [-0.1, -0.05) is 36.4 Å². The number of carbonyl (C=O) groups is 1. The quantitative estimate of drug-likeness (QED) is 0.436. The van der Waals surface area contributed by atoms with E-state index in [0.717, 1.165) is 10.8 Å². The lowest BCUT2D eigenvalue weighted by molar-refractivity contribution is 0.0737. The van der Waals surface area contributed by atoms with Gasteiger partial charge in [-0.2, -0.15) is 0 Å². The van der Waals surface area contributed by atoms with Crippen molar-refractivity contribution in [3.8, 4) is 5.75 Å². The molecule has 0 aliphatic rings. The zero-order chi connectivity index (χ0) is 13.9. The normalized spacial score (nSPS) is 10.4. The number of rotatable bonds is 2. The highest BCUT2D eigenvalue weighted by Gasteiger charge is 2.10. The Morgan fingerprint density at radius 3 is 2.35 bits per heavy atom. The zero-order valence-electron chi connectivity index (χ0n) is 10.7. The van der Waals surface area contributed by atoms with Gasteiger partial charge >= 0.3 is 5.97 Å². The largest absolute Gasteiger partial charge is 0.422 e. The fourth-order valence-corrected chi connectivity index (χ4v) is 2.06. The minimum Gasteiger partial charge on any atom is -0.422 e. The number of nitrogen functional groups attached to an aromatic ring is 1. The lowest BCUT2D eigenvalue weighted by atomic mass is 10.1. The summed E-state index contributed by atoms with van der Waals surface area (Å²) >= 11 is 0. The van der Waals surface area contributed by atoms with E-state index in [-0.39, 0.29) is 5.97 Å². The molecular weight excluding hydrogens is 250 g/mol. The summed E-state index contributed by atoms with van der Waals surface area (Å²) in [6.07, 6.45) is 0. The lowest BCUT2D eigenvalue weighted by Crippen LogP contribution is -2.08. The number of carbonyl (C=O) groups excluding carboxylic acids is 1. The third-order valence-corrected chi connectivity index (χ3v) is 3.10. The Morgan fingerprint density at radius 1 is 0.850 bits per heavy atom. The number of fused-ring (bicyclic) bond motifs is 1. The van der Waals surface area contributed by atoms with Crippen LogP contribution in [-0.4, -0.2) is 5.97 Å². The van der Waals surface area contributed by atoms with Crippen LogP contribution in [0, 0.1) is 0 Å². The summed E-state index contributed by atoms with van der Waals surface area (Å²) < 4.78 is 5.47. The second-order valence-corrected chi connectivity index (χ2v) is 4.49. The van der Waals surface area contributed by atoms with Crippen molar-refractivity contribution in [1.29, 1.82) is 0 Å². The highest BCUT2D eigenvalue weighted by Crippen LogP contribution is 2.25. The predicted octanol–water partition coefficient (Wildman–Crippen LogP) is 3.64. The first-order valence-electron chi connectivity index (χ1n) is 6.29. The summed E-state index contributed by atoms with van der Waals surface area (Å²) in [5.41, 5.74) is 6.70. The number of ether oxygens (including phenoxy) is 1. The summed E-state index contributed by atoms with van der Waals surface area (Å²) in [7, 11) is 0. The Hall–Kier alpha value is -2.81. The summed E-state index contributed by atoms with van der Waals surface area (Å²) in [4.78, 5) is 12.1. The number of hydrogen-bond acceptors (Lipinski definition) is 3. The highest BCUT2D eigenvalue weighted by molar-refractivity contribution is 5.95. The Labute approximate surface area is 116 Å². The van der Waals surface area contributed by atoms with Gasteiger partial charge in [-0.3, -0.25) is 0 Å². The van der Waals surface area contributed by atoms with Gasteiger partial charge in [0.15, 0.2) is 0 Å². The van der Waals surface area contributed by atoms with Crippen LogP contribution >= 0.6 is 0 Å². The standard InChI is InChI=1S/C17H13NO2/c18-14-10-8-13(9-11-14)17(19)20-16-7-3-5-12-4-1-2-6-15(12)16/h1-11H,18H2. The maximum Gasteiger partial charge on any atom is 0.343 e. The second kappa shape index (κ2) is 5.05. The van der Waals surface area contributed by atoms with Gasteiger partial charge < -0.3 is 10.5 Å². The van der Waals surface area contributed by atoms with Gasteiger partial charge in [0, 0.05) is 11.1 Å². The molecule has 0 atom stereocenters. The average molecular weight is 263 g/mol. The van der Waals surface area contributed by atoms with Crippen LogP contribution in [0.3, 0.4) is 0 Å². The molecule has 3 heteroatoms. The van der Waals surface area contributed by atoms with E-state index in [0.29, 0.717) is 17.0 Å². The van der Waals surface area contributed by atoms with Gasteiger partial charge in [-0.25, -0.2) is 4.79 Å². The molecule has 0 heterocycles. The van der Waals surface area contributed by atoms with E-state index < -0.39 is 0 Å². The van der Waals surface area contributed by atoms with Crippen molar-refractivity contribution in [1.82, 2.24) is 0 Å².